The van der Waals surface area contributed by atoms with Crippen LogP contribution in [-0.4, -0.2) is 24.4 Å². The summed E-state index contributed by atoms with van der Waals surface area (Å²) in [5.41, 5.74) is 0.343. The van der Waals surface area contributed by atoms with Gasteiger partial charge in [-0.25, -0.2) is 0 Å². The van der Waals surface area contributed by atoms with Gasteiger partial charge < -0.3 is 9.84 Å². The van der Waals surface area contributed by atoms with E-state index in [4.69, 9.17) is 4.74 Å². The highest BCUT2D eigenvalue weighted by Gasteiger charge is 2.30. The number of ether oxygens (including phenoxy) is 1. The Bertz CT molecular complexity index is 220. The second-order valence-corrected chi connectivity index (χ2v) is 7.47. The van der Waals surface area contributed by atoms with Crippen LogP contribution in [0.25, 0.3) is 0 Å². The highest BCUT2D eigenvalue weighted by Crippen LogP contribution is 2.38. The molecule has 1 N–H and O–H groups in total. The van der Waals surface area contributed by atoms with Crippen molar-refractivity contribution < 1.29 is 9.84 Å². The topological polar surface area (TPSA) is 29.5 Å². The Hall–Kier alpha value is -0.0800. The van der Waals surface area contributed by atoms with Gasteiger partial charge in [0.2, 0.25) is 0 Å². The van der Waals surface area contributed by atoms with Gasteiger partial charge in [0.1, 0.15) is 0 Å². The Kier molecular flexibility index (Phi) is 5.03. The number of hydrogen-bond acceptors (Lipinski definition) is 2. The smallest absolute Gasteiger partial charge is 0.0575 e. The van der Waals surface area contributed by atoms with Crippen molar-refractivity contribution in [3.05, 3.63) is 0 Å². The summed E-state index contributed by atoms with van der Waals surface area (Å²) in [5.74, 6) is 0.841. The van der Waals surface area contributed by atoms with Crippen molar-refractivity contribution in [2.24, 2.45) is 16.7 Å². The molecule has 2 heteroatoms. The third-order valence-electron chi connectivity index (χ3n) is 4.04. The van der Waals surface area contributed by atoms with Gasteiger partial charge in [-0.1, -0.05) is 34.6 Å². The van der Waals surface area contributed by atoms with Gasteiger partial charge >= 0.3 is 0 Å². The largest absolute Gasteiger partial charge is 0.396 e. The quantitative estimate of drug-likeness (QED) is 0.816. The van der Waals surface area contributed by atoms with Crippen LogP contribution in [0.15, 0.2) is 0 Å². The lowest BCUT2D eigenvalue weighted by molar-refractivity contribution is -0.0433. The summed E-state index contributed by atoms with van der Waals surface area (Å²) in [4.78, 5) is 0. The highest BCUT2D eigenvalue weighted by atomic mass is 16.5. The van der Waals surface area contributed by atoms with Crippen LogP contribution in [0.4, 0.5) is 0 Å². The van der Waals surface area contributed by atoms with Gasteiger partial charge in [-0.3, -0.25) is 0 Å². The fraction of sp³-hybridized carbons (Fsp3) is 1.00. The normalized spacial score (nSPS) is 27.2. The lowest BCUT2D eigenvalue weighted by atomic mass is 9.72. The van der Waals surface area contributed by atoms with Crippen LogP contribution in [-0.2, 0) is 4.74 Å². The zero-order valence-electron chi connectivity index (χ0n) is 12.3. The van der Waals surface area contributed by atoms with Crippen molar-refractivity contribution in [2.75, 3.05) is 13.2 Å². The van der Waals surface area contributed by atoms with Gasteiger partial charge in [0.05, 0.1) is 19.3 Å². The van der Waals surface area contributed by atoms with Crippen molar-refractivity contribution >= 4 is 0 Å². The highest BCUT2D eigenvalue weighted by molar-refractivity contribution is 4.81. The van der Waals surface area contributed by atoms with Crippen LogP contribution >= 0.6 is 0 Å². The Balaban J connectivity index is 2.29. The van der Waals surface area contributed by atoms with Crippen molar-refractivity contribution in [1.82, 2.24) is 0 Å². The fourth-order valence-corrected chi connectivity index (χ4v) is 2.48. The predicted octanol–water partition coefficient (Wildman–Crippen LogP) is 3.63. The van der Waals surface area contributed by atoms with Gasteiger partial charge in [0, 0.05) is 5.41 Å². The summed E-state index contributed by atoms with van der Waals surface area (Å²) in [7, 11) is 0. The number of aliphatic hydroxyl groups is 1. The van der Waals surface area contributed by atoms with E-state index in [0.717, 1.165) is 5.92 Å². The molecule has 2 nitrogen and oxygen atoms in total. The van der Waals surface area contributed by atoms with E-state index in [1.54, 1.807) is 0 Å². The van der Waals surface area contributed by atoms with Crippen molar-refractivity contribution in [2.45, 2.75) is 66.4 Å². The van der Waals surface area contributed by atoms with E-state index in [1.807, 2.05) is 13.8 Å². The van der Waals surface area contributed by atoms with Crippen LogP contribution in [0.5, 0.6) is 0 Å². The van der Waals surface area contributed by atoms with E-state index >= 15 is 0 Å². The molecule has 0 atom stereocenters. The summed E-state index contributed by atoms with van der Waals surface area (Å²) in [6, 6.07) is 0. The zero-order valence-corrected chi connectivity index (χ0v) is 12.3. The molecule has 0 saturated heterocycles. The molecule has 0 aromatic rings. The van der Waals surface area contributed by atoms with Crippen LogP contribution in [0.2, 0.25) is 0 Å². The summed E-state index contributed by atoms with van der Waals surface area (Å²) >= 11 is 0. The second-order valence-electron chi connectivity index (χ2n) is 7.47. The molecule has 0 amide bonds. The minimum atomic E-state index is -0.0964. The fourth-order valence-electron chi connectivity index (χ4n) is 2.48. The van der Waals surface area contributed by atoms with Gasteiger partial charge in [-0.2, -0.15) is 0 Å². The molecule has 0 aromatic carbocycles. The van der Waals surface area contributed by atoms with Crippen LogP contribution < -0.4 is 0 Å². The van der Waals surface area contributed by atoms with Crippen LogP contribution in [0.1, 0.15) is 60.3 Å². The van der Waals surface area contributed by atoms with Crippen molar-refractivity contribution in [3.63, 3.8) is 0 Å². The molecule has 102 valence electrons. The summed E-state index contributed by atoms with van der Waals surface area (Å²) in [6.07, 6.45) is 5.35. The maximum atomic E-state index is 9.19. The summed E-state index contributed by atoms with van der Waals surface area (Å²) in [6.45, 7) is 12.0. The second kappa shape index (κ2) is 5.71. The average Bonchev–Trinajstić information content (AvgIpc) is 2.26. The molecule has 1 saturated carbocycles. The maximum Gasteiger partial charge on any atom is 0.0575 e. The van der Waals surface area contributed by atoms with E-state index in [0.29, 0.717) is 18.1 Å². The lowest BCUT2D eigenvalue weighted by Crippen LogP contribution is -2.32. The van der Waals surface area contributed by atoms with E-state index in [9.17, 15) is 5.11 Å². The molecule has 17 heavy (non-hydrogen) atoms. The Morgan fingerprint density at radius 2 is 1.53 bits per heavy atom. The van der Waals surface area contributed by atoms with Gasteiger partial charge in [-0.05, 0) is 37.0 Å². The van der Waals surface area contributed by atoms with E-state index < -0.39 is 0 Å². The molecule has 1 aliphatic rings. The van der Waals surface area contributed by atoms with Gasteiger partial charge in [0.15, 0.2) is 0 Å². The molecule has 0 aromatic heterocycles. The minimum absolute atomic E-state index is 0.0964. The average molecular weight is 242 g/mol. The maximum absolute atomic E-state index is 9.19. The van der Waals surface area contributed by atoms with Gasteiger partial charge in [-0.15, -0.1) is 0 Å². The Morgan fingerprint density at radius 3 is 1.94 bits per heavy atom. The molecule has 0 spiro atoms. The number of hydrogen-bond donors (Lipinski definition) is 1. The molecule has 0 bridgehead atoms. The monoisotopic (exact) mass is 242 g/mol. The summed E-state index contributed by atoms with van der Waals surface area (Å²) < 4.78 is 5.94. The SMILES string of the molecule is CC(C)(CO)COC1CCC(C(C)(C)C)CC1. The molecule has 0 aliphatic heterocycles. The predicted molar refractivity (Wildman–Crippen MR) is 72.0 cm³/mol. The third-order valence-corrected chi connectivity index (χ3v) is 4.04. The van der Waals surface area contributed by atoms with E-state index in [1.165, 1.54) is 25.7 Å². The molecule has 1 aliphatic carbocycles. The van der Waals surface area contributed by atoms with Crippen molar-refractivity contribution in [3.8, 4) is 0 Å². The number of aliphatic hydroxyl groups excluding tert-OH is 1. The Labute approximate surface area is 107 Å². The molecular weight excluding hydrogens is 212 g/mol. The zero-order chi connectivity index (χ0) is 13.1. The molecule has 0 radical (unpaired) electrons. The third kappa shape index (κ3) is 4.97. The van der Waals surface area contributed by atoms with Gasteiger partial charge in [0.25, 0.3) is 0 Å². The van der Waals surface area contributed by atoms with E-state index in [2.05, 4.69) is 20.8 Å². The molecule has 1 rings (SSSR count). The standard InChI is InChI=1S/C15H30O2/c1-14(2,3)12-6-8-13(9-7-12)17-11-15(4,5)10-16/h12-13,16H,6-11H2,1-5H3. The van der Waals surface area contributed by atoms with Crippen LogP contribution in [0.3, 0.4) is 0 Å². The first kappa shape index (κ1) is 15.0. The molecule has 0 unspecified atom stereocenters. The molecule has 1 fully saturated rings. The number of rotatable bonds is 4. The van der Waals surface area contributed by atoms with Crippen LogP contribution in [0, 0.1) is 16.7 Å². The van der Waals surface area contributed by atoms with E-state index in [-0.39, 0.29) is 12.0 Å². The summed E-state index contributed by atoms with van der Waals surface area (Å²) in [5, 5.41) is 9.19. The first-order valence-corrected chi connectivity index (χ1v) is 6.97. The van der Waals surface area contributed by atoms with Crippen molar-refractivity contribution in [1.29, 1.82) is 0 Å². The Morgan fingerprint density at radius 1 is 1.00 bits per heavy atom. The minimum Gasteiger partial charge on any atom is -0.396 e. The first-order valence-electron chi connectivity index (χ1n) is 6.97. The first-order chi connectivity index (χ1) is 7.74. The molecule has 0 heterocycles. The lowest BCUT2D eigenvalue weighted by Gasteiger charge is -2.37. The molecular formula is C15H30O2.